The third kappa shape index (κ3) is 1.54. The van der Waals surface area contributed by atoms with E-state index in [1.165, 1.54) is 17.0 Å². The van der Waals surface area contributed by atoms with E-state index in [2.05, 4.69) is 12.2 Å². The predicted octanol–water partition coefficient (Wildman–Crippen LogP) is 1.94. The average molecular weight is 309 g/mol. The number of imide groups is 1. The van der Waals surface area contributed by atoms with E-state index in [0.29, 0.717) is 17.5 Å². The number of hydrogen-bond acceptors (Lipinski definition) is 3. The summed E-state index contributed by atoms with van der Waals surface area (Å²) in [6.07, 6.45) is 5.42. The normalized spacial score (nSPS) is 39.4. The molecule has 2 amide bonds. The maximum atomic E-state index is 12.9. The molecule has 0 unspecified atom stereocenters. The molecule has 1 aliphatic heterocycles. The Hall–Kier alpha value is -2.43. The van der Waals surface area contributed by atoms with Gasteiger partial charge in [-0.25, -0.2) is 4.79 Å². The number of anilines is 1. The molecule has 2 bridgehead atoms. The quantitative estimate of drug-likeness (QED) is 0.669. The number of carbonyl (C=O) groups excluding carboxylic acids is 2. The van der Waals surface area contributed by atoms with Crippen LogP contribution in [-0.2, 0) is 9.59 Å². The van der Waals surface area contributed by atoms with Crippen molar-refractivity contribution in [3.63, 3.8) is 0 Å². The molecule has 1 heterocycles. The summed E-state index contributed by atoms with van der Waals surface area (Å²) in [6, 6.07) is 5.97. The highest BCUT2D eigenvalue weighted by molar-refractivity contribution is 6.22. The maximum absolute atomic E-state index is 12.9. The predicted molar refractivity (Wildman–Crippen MR) is 80.6 cm³/mol. The van der Waals surface area contributed by atoms with Crippen molar-refractivity contribution in [1.82, 2.24) is 0 Å². The summed E-state index contributed by atoms with van der Waals surface area (Å²) in [6.45, 7) is 0. The summed E-state index contributed by atoms with van der Waals surface area (Å²) in [5.41, 5.74) is 0.626. The van der Waals surface area contributed by atoms with Crippen LogP contribution in [0.5, 0.6) is 0 Å². The van der Waals surface area contributed by atoms with Crippen molar-refractivity contribution in [2.24, 2.45) is 35.5 Å². The van der Waals surface area contributed by atoms with Crippen molar-refractivity contribution in [3.8, 4) is 0 Å². The Bertz CT molecular complexity index is 745. The fourth-order valence-electron chi connectivity index (χ4n) is 4.96. The minimum absolute atomic E-state index is 0.118. The highest BCUT2D eigenvalue weighted by atomic mass is 16.4. The van der Waals surface area contributed by atoms with Gasteiger partial charge < -0.3 is 5.11 Å². The Morgan fingerprint density at radius 1 is 0.957 bits per heavy atom. The van der Waals surface area contributed by atoms with Gasteiger partial charge in [0, 0.05) is 0 Å². The minimum Gasteiger partial charge on any atom is -0.478 e. The van der Waals surface area contributed by atoms with Crippen LogP contribution in [-0.4, -0.2) is 22.9 Å². The maximum Gasteiger partial charge on any atom is 0.335 e. The molecule has 23 heavy (non-hydrogen) atoms. The van der Waals surface area contributed by atoms with Crippen LogP contribution in [0.15, 0.2) is 36.4 Å². The van der Waals surface area contributed by atoms with Crippen LogP contribution in [0, 0.1) is 35.5 Å². The molecule has 6 rings (SSSR count). The SMILES string of the molecule is O=C(O)c1ccc(N2C(=O)[C@H]3[C@@H]4C=C[C@H]([C@H]5C[C@H]45)[C@@H]3C2=O)cc1. The molecule has 5 aliphatic rings. The third-order valence-corrected chi connectivity index (χ3v) is 6.04. The number of benzene rings is 1. The van der Waals surface area contributed by atoms with Gasteiger partial charge in [0.1, 0.15) is 0 Å². The molecule has 0 aromatic heterocycles. The molecule has 0 radical (unpaired) electrons. The molecule has 1 aromatic carbocycles. The fourth-order valence-corrected chi connectivity index (χ4v) is 4.96. The molecule has 6 atom stereocenters. The smallest absolute Gasteiger partial charge is 0.335 e. The van der Waals surface area contributed by atoms with E-state index >= 15 is 0 Å². The largest absolute Gasteiger partial charge is 0.478 e. The molecule has 3 fully saturated rings. The Labute approximate surface area is 132 Å². The number of carboxylic acids is 1. The lowest BCUT2D eigenvalue weighted by atomic mass is 9.63. The number of allylic oxidation sites excluding steroid dienone is 2. The van der Waals surface area contributed by atoms with Crippen molar-refractivity contribution in [2.45, 2.75) is 6.42 Å². The minimum atomic E-state index is -1.02. The number of amides is 2. The highest BCUT2D eigenvalue weighted by Gasteiger charge is 2.67. The summed E-state index contributed by atoms with van der Waals surface area (Å²) >= 11 is 0. The zero-order chi connectivity index (χ0) is 15.9. The fraction of sp³-hybridized carbons (Fsp3) is 0.389. The van der Waals surface area contributed by atoms with Crippen LogP contribution >= 0.6 is 0 Å². The number of aromatic carboxylic acids is 1. The molecular weight excluding hydrogens is 294 g/mol. The first kappa shape index (κ1) is 13.0. The van der Waals surface area contributed by atoms with Gasteiger partial charge in [-0.1, -0.05) is 12.2 Å². The second-order valence-electron chi connectivity index (χ2n) is 7.02. The number of rotatable bonds is 2. The molecule has 1 N–H and O–H groups in total. The second kappa shape index (κ2) is 4.10. The van der Waals surface area contributed by atoms with Gasteiger partial charge in [-0.3, -0.25) is 14.5 Å². The van der Waals surface area contributed by atoms with Crippen LogP contribution in [0.25, 0.3) is 0 Å². The van der Waals surface area contributed by atoms with Gasteiger partial charge >= 0.3 is 5.97 Å². The van der Waals surface area contributed by atoms with Crippen LogP contribution in [0.2, 0.25) is 0 Å². The second-order valence-corrected chi connectivity index (χ2v) is 7.02. The number of carboxylic acid groups (broad SMARTS) is 1. The van der Waals surface area contributed by atoms with Gasteiger partial charge in [0.15, 0.2) is 0 Å². The molecule has 2 saturated carbocycles. The molecule has 5 nitrogen and oxygen atoms in total. The van der Waals surface area contributed by atoms with E-state index in [1.54, 1.807) is 12.1 Å². The topological polar surface area (TPSA) is 74.7 Å². The Morgan fingerprint density at radius 3 is 1.96 bits per heavy atom. The van der Waals surface area contributed by atoms with Crippen molar-refractivity contribution >= 4 is 23.5 Å². The van der Waals surface area contributed by atoms with Crippen LogP contribution < -0.4 is 4.90 Å². The molecule has 116 valence electrons. The number of hydrogen-bond donors (Lipinski definition) is 1. The lowest BCUT2D eigenvalue weighted by molar-refractivity contribution is -0.124. The molecule has 5 heteroatoms. The van der Waals surface area contributed by atoms with Crippen LogP contribution in [0.1, 0.15) is 16.8 Å². The molecule has 1 aromatic rings. The summed E-state index contributed by atoms with van der Waals surface area (Å²) < 4.78 is 0. The number of nitrogens with zero attached hydrogens (tertiary/aromatic N) is 1. The number of carbonyl (C=O) groups is 3. The van der Waals surface area contributed by atoms with E-state index in [9.17, 15) is 14.4 Å². The lowest BCUT2D eigenvalue weighted by Crippen LogP contribution is -2.40. The van der Waals surface area contributed by atoms with Crippen molar-refractivity contribution < 1.29 is 19.5 Å². The average Bonchev–Trinajstić information content (AvgIpc) is 3.32. The first-order valence-corrected chi connectivity index (χ1v) is 7.97. The van der Waals surface area contributed by atoms with Gasteiger partial charge in [0.25, 0.3) is 0 Å². The molecule has 1 saturated heterocycles. The molecule has 4 aliphatic carbocycles. The summed E-state index contributed by atoms with van der Waals surface area (Å²) in [4.78, 5) is 38.0. The van der Waals surface area contributed by atoms with Gasteiger partial charge in [-0.2, -0.15) is 0 Å². The Morgan fingerprint density at radius 2 is 1.48 bits per heavy atom. The van der Waals surface area contributed by atoms with Crippen molar-refractivity contribution in [3.05, 3.63) is 42.0 Å². The van der Waals surface area contributed by atoms with Gasteiger partial charge in [0.05, 0.1) is 23.1 Å². The highest BCUT2D eigenvalue weighted by Crippen LogP contribution is 2.65. The van der Waals surface area contributed by atoms with Gasteiger partial charge in [-0.05, 0) is 54.4 Å². The van der Waals surface area contributed by atoms with Gasteiger partial charge in [0.2, 0.25) is 11.8 Å². The first-order chi connectivity index (χ1) is 11.1. The zero-order valence-corrected chi connectivity index (χ0v) is 12.3. The summed E-state index contributed by atoms with van der Waals surface area (Å²) in [5, 5.41) is 8.97. The molecular formula is C18H15NO4. The summed E-state index contributed by atoms with van der Waals surface area (Å²) in [7, 11) is 0. The van der Waals surface area contributed by atoms with Crippen molar-refractivity contribution in [1.29, 1.82) is 0 Å². The van der Waals surface area contributed by atoms with E-state index in [4.69, 9.17) is 5.11 Å². The van der Waals surface area contributed by atoms with E-state index in [0.717, 1.165) is 6.42 Å². The van der Waals surface area contributed by atoms with E-state index < -0.39 is 5.97 Å². The van der Waals surface area contributed by atoms with Crippen molar-refractivity contribution in [2.75, 3.05) is 4.90 Å². The van der Waals surface area contributed by atoms with E-state index in [1.807, 2.05) is 0 Å². The lowest BCUT2D eigenvalue weighted by Gasteiger charge is -2.37. The Balaban J connectivity index is 1.53. The standard InChI is InChI=1S/C18H15NO4/c20-16-14-10-5-6-11(13-7-12(10)13)15(14)17(21)19(16)9-3-1-8(2-4-9)18(22)23/h1-6,10-15H,7H2,(H,22,23)/t10-,11-,12-,13-,14+,15+/m1/s1. The zero-order valence-electron chi connectivity index (χ0n) is 12.3. The van der Waals surface area contributed by atoms with Crippen LogP contribution in [0.3, 0.4) is 0 Å². The van der Waals surface area contributed by atoms with E-state index in [-0.39, 0.29) is 41.0 Å². The Kier molecular flexibility index (Phi) is 2.33. The monoisotopic (exact) mass is 309 g/mol. The third-order valence-electron chi connectivity index (χ3n) is 6.04. The first-order valence-electron chi connectivity index (χ1n) is 7.97. The van der Waals surface area contributed by atoms with Crippen LogP contribution in [0.4, 0.5) is 5.69 Å². The van der Waals surface area contributed by atoms with Gasteiger partial charge in [-0.15, -0.1) is 0 Å². The molecule has 0 spiro atoms. The summed E-state index contributed by atoms with van der Waals surface area (Å²) in [5.74, 6) is -0.132.